The van der Waals surface area contributed by atoms with Crippen LogP contribution < -0.4 is 19.3 Å². The molecule has 0 fully saturated rings. The number of para-hydroxylation sites is 3. The standard InChI is InChI=1S/C72H63N4O2.Pt/c1-70(2,3)52-42-61(71(4,5)6)69(62(43-52)72(7,8)9)78-56-39-40-73-67(46-56)76-63-38-35-51(48-23-13-10-14-24-48)41-60(63)59-37-36-55(45-66(59)76)77-54-30-21-29-53(44-54)74-47-75(65-34-20-19-33-64(65)74)68-57(49-25-15-11-16-26-49)31-22-32-58(68)50-27-17-12-18-28-50;/h10-43,46-47H,1-9H3;/q-3;/i10D,11D,12D,13D,14D,15D,16D,17D,18D,23D,24D,25D,26D,27D,28D;. The van der Waals surface area contributed by atoms with Crippen LogP contribution >= 0.6 is 0 Å². The van der Waals surface area contributed by atoms with Gasteiger partial charge in [0.2, 0.25) is 0 Å². The summed E-state index contributed by atoms with van der Waals surface area (Å²) in [4.78, 5) is 8.45. The van der Waals surface area contributed by atoms with Gasteiger partial charge in [-0.1, -0.05) is 213 Å². The van der Waals surface area contributed by atoms with Crippen molar-refractivity contribution in [3.05, 3.63) is 248 Å². The predicted octanol–water partition coefficient (Wildman–Crippen LogP) is 19.7. The predicted molar refractivity (Wildman–Crippen MR) is 323 cm³/mol. The first kappa shape index (κ1) is 37.6. The molecule has 0 saturated heterocycles. The van der Waals surface area contributed by atoms with Gasteiger partial charge >= 0.3 is 0 Å². The topological polar surface area (TPSA) is 42.8 Å². The minimum atomic E-state index is -0.599. The number of aromatic nitrogens is 2. The molecule has 0 N–H and O–H groups in total. The summed E-state index contributed by atoms with van der Waals surface area (Å²) in [5.41, 5.74) is 5.83. The van der Waals surface area contributed by atoms with Gasteiger partial charge in [-0.25, -0.2) is 4.98 Å². The molecule has 11 aromatic rings. The molecule has 3 heterocycles. The molecule has 0 unspecified atom stereocenters. The van der Waals surface area contributed by atoms with Crippen molar-refractivity contribution < 1.29 is 51.1 Å². The van der Waals surface area contributed by atoms with Crippen LogP contribution in [0.1, 0.15) is 99.6 Å². The molecule has 0 amide bonds. The van der Waals surface area contributed by atoms with Crippen molar-refractivity contribution in [2.75, 3.05) is 9.80 Å². The number of hydrogen-bond donors (Lipinski definition) is 0. The van der Waals surface area contributed by atoms with Crippen LogP contribution in [0, 0.1) is 18.8 Å². The zero-order chi connectivity index (χ0) is 67.0. The van der Waals surface area contributed by atoms with Gasteiger partial charge in [0.15, 0.2) is 0 Å². The van der Waals surface area contributed by atoms with E-state index in [1.165, 1.54) is 5.56 Å². The molecule has 0 aliphatic carbocycles. The van der Waals surface area contributed by atoms with Crippen molar-refractivity contribution in [1.82, 2.24) is 9.55 Å². The van der Waals surface area contributed by atoms with Gasteiger partial charge in [-0.15, -0.1) is 48.1 Å². The molecule has 1 aliphatic heterocycles. The van der Waals surface area contributed by atoms with Crippen LogP contribution in [0.15, 0.2) is 212 Å². The third-order valence-electron chi connectivity index (χ3n) is 13.9. The Morgan fingerprint density at radius 2 is 1.09 bits per heavy atom. The summed E-state index contributed by atoms with van der Waals surface area (Å²) < 4.78 is 147. The van der Waals surface area contributed by atoms with Crippen LogP contribution in [0.3, 0.4) is 0 Å². The molecule has 7 heteroatoms. The zero-order valence-corrected chi connectivity index (χ0v) is 47.3. The Bertz CT molecular complexity index is 4750. The number of ether oxygens (including phenoxy) is 2. The van der Waals surface area contributed by atoms with Crippen molar-refractivity contribution >= 4 is 44.6 Å². The van der Waals surface area contributed by atoms with Crippen LogP contribution in [0.25, 0.3) is 61.0 Å². The molecular weight excluding hydrogens is 1150 g/mol. The van der Waals surface area contributed by atoms with Gasteiger partial charge in [0.1, 0.15) is 17.3 Å². The molecule has 0 spiro atoms. The Kier molecular flexibility index (Phi) is 9.94. The monoisotopic (exact) mass is 1230 g/mol. The third kappa shape index (κ3) is 10.3. The fourth-order valence-corrected chi connectivity index (χ4v) is 9.97. The number of hydrogen-bond acceptors (Lipinski definition) is 5. The molecule has 0 saturated carbocycles. The average molecular weight is 1230 g/mol. The smallest absolute Gasteiger partial charge is 0.139 e. The van der Waals surface area contributed by atoms with Gasteiger partial charge in [0.05, 0.1) is 20.6 Å². The second-order valence-electron chi connectivity index (χ2n) is 22.3. The van der Waals surface area contributed by atoms with Crippen LogP contribution in [0.4, 0.5) is 22.7 Å². The summed E-state index contributed by atoms with van der Waals surface area (Å²) in [7, 11) is 0. The van der Waals surface area contributed by atoms with E-state index < -0.39 is 78.6 Å². The van der Waals surface area contributed by atoms with Crippen molar-refractivity contribution in [2.24, 2.45) is 0 Å². The number of benzene rings is 9. The van der Waals surface area contributed by atoms with Gasteiger partial charge in [0, 0.05) is 89.7 Å². The first-order chi connectivity index (χ1) is 43.8. The Morgan fingerprint density at radius 3 is 1.70 bits per heavy atom. The first-order valence-electron chi connectivity index (χ1n) is 33.2. The number of anilines is 4. The summed E-state index contributed by atoms with van der Waals surface area (Å²) in [6.45, 7) is 21.4. The summed E-state index contributed by atoms with van der Waals surface area (Å²) in [6, 6.07) is 33.7. The summed E-state index contributed by atoms with van der Waals surface area (Å²) >= 11 is 0. The normalized spacial score (nSPS) is 15.3. The average Bonchev–Trinajstić information content (AvgIpc) is 1.45. The van der Waals surface area contributed by atoms with Crippen molar-refractivity contribution in [3.63, 3.8) is 0 Å². The van der Waals surface area contributed by atoms with Gasteiger partial charge in [-0.2, -0.15) is 12.1 Å². The Hall–Kier alpha value is -8.18. The molecule has 0 radical (unpaired) electrons. The molecule has 0 atom stereocenters. The van der Waals surface area contributed by atoms with Crippen LogP contribution in [-0.4, -0.2) is 9.55 Å². The number of rotatable bonds is 10. The first-order valence-corrected chi connectivity index (χ1v) is 25.7. The summed E-state index contributed by atoms with van der Waals surface area (Å²) in [5, 5.41) is 1.34. The van der Waals surface area contributed by atoms with Crippen LogP contribution in [-0.2, 0) is 37.3 Å². The molecule has 396 valence electrons. The van der Waals surface area contributed by atoms with E-state index in [0.29, 0.717) is 56.0 Å². The van der Waals surface area contributed by atoms with E-state index in [4.69, 9.17) is 35.0 Å². The second kappa shape index (κ2) is 20.9. The van der Waals surface area contributed by atoms with E-state index >= 15 is 0 Å². The number of fused-ring (bicyclic) bond motifs is 4. The van der Waals surface area contributed by atoms with E-state index in [1.807, 2.05) is 41.0 Å². The molecule has 9 aromatic carbocycles. The Labute approximate surface area is 501 Å². The molecule has 79 heavy (non-hydrogen) atoms. The second-order valence-corrected chi connectivity index (χ2v) is 22.3. The molecule has 2 aromatic heterocycles. The maximum atomic E-state index is 9.12. The molecule has 12 rings (SSSR count). The Morgan fingerprint density at radius 1 is 0.506 bits per heavy atom. The van der Waals surface area contributed by atoms with E-state index in [9.17, 15) is 0 Å². The largest absolute Gasteiger partial charge is 0.509 e. The molecule has 0 bridgehead atoms. The number of pyridine rings is 1. The third-order valence-corrected chi connectivity index (χ3v) is 13.9. The van der Waals surface area contributed by atoms with Crippen LogP contribution in [0.5, 0.6) is 23.0 Å². The fraction of sp³-hybridized carbons (Fsp3) is 0.167. The molecule has 1 aliphatic rings. The minimum Gasteiger partial charge on any atom is -0.509 e. The Balaban J connectivity index is 0.00000901. The SMILES string of the molecule is [2H]c1c([2H])c([2H])c(-c2ccc3c(c2)c2ccc(Oc4[c-]c(N5[CH-]N(c6c(-c7c([2H])c([2H])c([2H])c([2H])c7[2H])cccc6-c6c([2H])c([2H])c([2H])c([2H])c6[2H])c6ccccc65)ccc4)[c-]c2n3-c2cc(Oc3c(C(C)(C)C)cc(C(C)(C)C)cc3C(C)(C)C)ccn2)c([2H])c1[2H].[Pt]. The summed E-state index contributed by atoms with van der Waals surface area (Å²) in [5.74, 6) is 2.26. The minimum absolute atomic E-state index is 0. The van der Waals surface area contributed by atoms with E-state index in [1.54, 1.807) is 89.4 Å². The summed E-state index contributed by atoms with van der Waals surface area (Å²) in [6.07, 6.45) is 1.68. The van der Waals surface area contributed by atoms with E-state index in [2.05, 4.69) is 86.6 Å². The molecular formula is C72H63N4O2Pt-3. The fourth-order valence-electron chi connectivity index (χ4n) is 9.97. The van der Waals surface area contributed by atoms with Crippen molar-refractivity contribution in [2.45, 2.75) is 78.6 Å². The van der Waals surface area contributed by atoms with Gasteiger partial charge in [-0.05, 0) is 73.7 Å². The quantitative estimate of drug-likeness (QED) is 0.128. The molecule has 6 nitrogen and oxygen atoms in total. The maximum Gasteiger partial charge on any atom is 0.139 e. The zero-order valence-electron chi connectivity index (χ0n) is 60.0. The van der Waals surface area contributed by atoms with Crippen molar-refractivity contribution in [1.29, 1.82) is 0 Å². The van der Waals surface area contributed by atoms with Gasteiger partial charge in [-0.3, -0.25) is 0 Å². The van der Waals surface area contributed by atoms with Gasteiger partial charge < -0.3 is 23.8 Å². The van der Waals surface area contributed by atoms with Crippen LogP contribution in [0.2, 0.25) is 0 Å². The van der Waals surface area contributed by atoms with Gasteiger partial charge in [0.25, 0.3) is 0 Å². The van der Waals surface area contributed by atoms with Crippen molar-refractivity contribution in [3.8, 4) is 62.2 Å². The maximum absolute atomic E-state index is 9.12. The van der Waals surface area contributed by atoms with E-state index in [-0.39, 0.29) is 94.4 Å². The van der Waals surface area contributed by atoms with E-state index in [0.717, 1.165) is 16.9 Å². The number of nitrogens with zero attached hydrogens (tertiary/aromatic N) is 4.